The standard InChI is InChI=1S/C9H11N3O4S/c1-4(13)10-8-11-5-2-12(9(15)16)3-6(14)7(5)17-8/h6,14H,2-3H2,1H3,(H,15,16)(H,10,11,13). The third-order valence-corrected chi connectivity index (χ3v) is 3.43. The highest BCUT2D eigenvalue weighted by atomic mass is 32.1. The van der Waals surface area contributed by atoms with Crippen LogP contribution in [0.4, 0.5) is 9.93 Å². The molecular weight excluding hydrogens is 246 g/mol. The summed E-state index contributed by atoms with van der Waals surface area (Å²) in [7, 11) is 0. The number of amides is 2. The molecule has 2 rings (SSSR count). The Morgan fingerprint density at radius 3 is 2.88 bits per heavy atom. The van der Waals surface area contributed by atoms with Gasteiger partial charge in [0.25, 0.3) is 0 Å². The van der Waals surface area contributed by atoms with E-state index in [1.807, 2.05) is 0 Å². The summed E-state index contributed by atoms with van der Waals surface area (Å²) in [6.07, 6.45) is -1.97. The Morgan fingerprint density at radius 2 is 2.29 bits per heavy atom. The van der Waals surface area contributed by atoms with Gasteiger partial charge >= 0.3 is 6.09 Å². The first-order valence-corrected chi connectivity index (χ1v) is 5.72. The van der Waals surface area contributed by atoms with E-state index in [1.54, 1.807) is 0 Å². The van der Waals surface area contributed by atoms with Crippen molar-refractivity contribution in [3.05, 3.63) is 10.6 Å². The number of aromatic nitrogens is 1. The molecule has 1 aliphatic rings. The number of rotatable bonds is 1. The molecule has 1 aromatic rings. The summed E-state index contributed by atoms with van der Waals surface area (Å²) in [6, 6.07) is 0. The SMILES string of the molecule is CC(=O)Nc1nc2c(s1)C(O)CN(C(=O)O)C2. The van der Waals surface area contributed by atoms with Gasteiger partial charge in [-0.1, -0.05) is 11.3 Å². The lowest BCUT2D eigenvalue weighted by Gasteiger charge is -2.26. The minimum Gasteiger partial charge on any atom is -0.465 e. The topological polar surface area (TPSA) is 103 Å². The normalized spacial score (nSPS) is 18.7. The maximum Gasteiger partial charge on any atom is 0.407 e. The maximum absolute atomic E-state index is 10.9. The third kappa shape index (κ3) is 2.37. The molecule has 0 radical (unpaired) electrons. The van der Waals surface area contributed by atoms with Gasteiger partial charge in [-0.2, -0.15) is 0 Å². The highest BCUT2D eigenvalue weighted by Gasteiger charge is 2.30. The van der Waals surface area contributed by atoms with E-state index < -0.39 is 12.2 Å². The van der Waals surface area contributed by atoms with Crippen molar-refractivity contribution in [1.82, 2.24) is 9.88 Å². The van der Waals surface area contributed by atoms with Gasteiger partial charge in [0.2, 0.25) is 5.91 Å². The van der Waals surface area contributed by atoms with Crippen LogP contribution in [0, 0.1) is 0 Å². The smallest absolute Gasteiger partial charge is 0.407 e. The predicted octanol–water partition coefficient (Wildman–Crippen LogP) is 0.629. The number of anilines is 1. The lowest BCUT2D eigenvalue weighted by atomic mass is 10.1. The number of nitrogens with one attached hydrogen (secondary N) is 1. The molecule has 0 spiro atoms. The number of aliphatic hydroxyl groups is 1. The summed E-state index contributed by atoms with van der Waals surface area (Å²) in [5.74, 6) is -0.249. The molecule has 2 amide bonds. The molecule has 0 aliphatic carbocycles. The Bertz CT molecular complexity index is 473. The predicted molar refractivity (Wildman–Crippen MR) is 59.8 cm³/mol. The van der Waals surface area contributed by atoms with Crippen LogP contribution in [0.5, 0.6) is 0 Å². The number of carboxylic acid groups (broad SMARTS) is 1. The molecule has 1 aliphatic heterocycles. The van der Waals surface area contributed by atoms with Crippen molar-refractivity contribution < 1.29 is 19.8 Å². The average Bonchev–Trinajstić information content (AvgIpc) is 2.59. The zero-order valence-corrected chi connectivity index (χ0v) is 9.82. The second-order valence-electron chi connectivity index (χ2n) is 3.69. The molecule has 8 heteroatoms. The molecule has 7 nitrogen and oxygen atoms in total. The molecule has 0 fully saturated rings. The molecule has 92 valence electrons. The van der Waals surface area contributed by atoms with Crippen molar-refractivity contribution in [2.45, 2.75) is 19.6 Å². The Balaban J connectivity index is 2.25. The second kappa shape index (κ2) is 4.30. The number of carbonyl (C=O) groups excluding carboxylic acids is 1. The number of hydrogen-bond donors (Lipinski definition) is 3. The summed E-state index contributed by atoms with van der Waals surface area (Å²) >= 11 is 1.17. The van der Waals surface area contributed by atoms with Gasteiger partial charge < -0.3 is 15.5 Å². The van der Waals surface area contributed by atoms with E-state index in [2.05, 4.69) is 10.3 Å². The highest BCUT2D eigenvalue weighted by molar-refractivity contribution is 7.16. The number of β-amino-alcohol motifs (C(OH)–C–C–N with tert-alkyl or cyclic N) is 1. The van der Waals surface area contributed by atoms with Crippen LogP contribution < -0.4 is 5.32 Å². The van der Waals surface area contributed by atoms with E-state index in [0.717, 1.165) is 4.90 Å². The Kier molecular flexibility index (Phi) is 2.99. The van der Waals surface area contributed by atoms with Crippen LogP contribution in [0.3, 0.4) is 0 Å². The third-order valence-electron chi connectivity index (χ3n) is 2.32. The summed E-state index contributed by atoms with van der Waals surface area (Å²) in [4.78, 5) is 27.5. The lowest BCUT2D eigenvalue weighted by Crippen LogP contribution is -2.36. The summed E-state index contributed by atoms with van der Waals surface area (Å²) in [6.45, 7) is 1.53. The number of hydrogen-bond acceptors (Lipinski definition) is 5. The van der Waals surface area contributed by atoms with E-state index in [-0.39, 0.29) is 19.0 Å². The fourth-order valence-electron chi connectivity index (χ4n) is 1.62. The highest BCUT2D eigenvalue weighted by Crippen LogP contribution is 2.33. The van der Waals surface area contributed by atoms with Gasteiger partial charge in [0.1, 0.15) is 6.10 Å². The van der Waals surface area contributed by atoms with Crippen LogP contribution in [-0.2, 0) is 11.3 Å². The number of thiazole rings is 1. The number of nitrogens with zero attached hydrogens (tertiary/aromatic N) is 2. The lowest BCUT2D eigenvalue weighted by molar-refractivity contribution is -0.114. The Hall–Kier alpha value is -1.67. The second-order valence-corrected chi connectivity index (χ2v) is 4.72. The van der Waals surface area contributed by atoms with Crippen molar-refractivity contribution in [3.8, 4) is 0 Å². The van der Waals surface area contributed by atoms with E-state index in [4.69, 9.17) is 5.11 Å². The van der Waals surface area contributed by atoms with Crippen molar-refractivity contribution in [3.63, 3.8) is 0 Å². The molecule has 2 heterocycles. The first-order valence-electron chi connectivity index (χ1n) is 4.90. The largest absolute Gasteiger partial charge is 0.465 e. The maximum atomic E-state index is 10.9. The molecule has 1 atom stereocenters. The van der Waals surface area contributed by atoms with Crippen molar-refractivity contribution in [1.29, 1.82) is 0 Å². The Labute approximate surface area is 101 Å². The fourth-order valence-corrected chi connectivity index (χ4v) is 2.62. The van der Waals surface area contributed by atoms with Gasteiger partial charge in [-0.15, -0.1) is 0 Å². The summed E-state index contributed by atoms with van der Waals surface area (Å²) in [5, 5.41) is 21.5. The fraction of sp³-hybridized carbons (Fsp3) is 0.444. The monoisotopic (exact) mass is 257 g/mol. The van der Waals surface area contributed by atoms with Gasteiger partial charge in [-0.05, 0) is 0 Å². The van der Waals surface area contributed by atoms with Gasteiger partial charge in [0.05, 0.1) is 23.7 Å². The number of aliphatic hydroxyl groups excluding tert-OH is 1. The van der Waals surface area contributed by atoms with E-state index in [1.165, 1.54) is 18.3 Å². The quantitative estimate of drug-likeness (QED) is 0.684. The van der Waals surface area contributed by atoms with Crippen molar-refractivity contribution >= 4 is 28.5 Å². The number of carbonyl (C=O) groups is 2. The van der Waals surface area contributed by atoms with Crippen LogP contribution in [-0.4, -0.2) is 38.6 Å². The minimum atomic E-state index is -1.09. The Morgan fingerprint density at radius 1 is 1.59 bits per heavy atom. The van der Waals surface area contributed by atoms with E-state index >= 15 is 0 Å². The molecule has 1 unspecified atom stereocenters. The molecule has 0 saturated heterocycles. The first-order chi connectivity index (χ1) is 7.97. The summed E-state index contributed by atoms with van der Waals surface area (Å²) in [5.41, 5.74) is 0.500. The van der Waals surface area contributed by atoms with Crippen LogP contribution in [0.15, 0.2) is 0 Å². The summed E-state index contributed by atoms with van der Waals surface area (Å²) < 4.78 is 0. The zero-order valence-electron chi connectivity index (χ0n) is 9.01. The molecule has 17 heavy (non-hydrogen) atoms. The zero-order chi connectivity index (χ0) is 12.6. The van der Waals surface area contributed by atoms with Gasteiger partial charge in [0, 0.05) is 6.92 Å². The van der Waals surface area contributed by atoms with Crippen LogP contribution in [0.25, 0.3) is 0 Å². The van der Waals surface area contributed by atoms with E-state index in [9.17, 15) is 14.7 Å². The number of fused-ring (bicyclic) bond motifs is 1. The van der Waals surface area contributed by atoms with Gasteiger partial charge in [-0.3, -0.25) is 9.69 Å². The molecule has 0 bridgehead atoms. The van der Waals surface area contributed by atoms with Crippen LogP contribution in [0.1, 0.15) is 23.6 Å². The van der Waals surface area contributed by atoms with Gasteiger partial charge in [0.15, 0.2) is 5.13 Å². The van der Waals surface area contributed by atoms with E-state index in [0.29, 0.717) is 15.7 Å². The first kappa shape index (κ1) is 11.8. The van der Waals surface area contributed by atoms with Crippen molar-refractivity contribution in [2.24, 2.45) is 0 Å². The minimum absolute atomic E-state index is 0.0318. The van der Waals surface area contributed by atoms with Gasteiger partial charge in [-0.25, -0.2) is 9.78 Å². The van der Waals surface area contributed by atoms with Crippen molar-refractivity contribution in [2.75, 3.05) is 11.9 Å². The molecule has 0 aromatic carbocycles. The average molecular weight is 257 g/mol. The molecular formula is C9H11N3O4S. The molecule has 3 N–H and O–H groups in total. The molecule has 0 saturated carbocycles. The molecule has 1 aromatic heterocycles. The van der Waals surface area contributed by atoms with Crippen LogP contribution in [0.2, 0.25) is 0 Å². The van der Waals surface area contributed by atoms with Crippen LogP contribution >= 0.6 is 11.3 Å².